The van der Waals surface area contributed by atoms with Gasteiger partial charge in [-0.25, -0.2) is 0 Å². The fourth-order valence-corrected chi connectivity index (χ4v) is 2.24. The molecule has 0 aliphatic heterocycles. The van der Waals surface area contributed by atoms with Gasteiger partial charge < -0.3 is 14.5 Å². The fraction of sp³-hybridized carbons (Fsp3) is 0.214. The third kappa shape index (κ3) is 3.17. The van der Waals surface area contributed by atoms with Gasteiger partial charge in [0.05, 0.1) is 23.9 Å². The second-order valence-electron chi connectivity index (χ2n) is 4.06. The standard InChI is InChI=1S/C14H14BrNO3/c1-9(12-4-3-7-19-12)16-14(17)10-5-6-13(18-2)11(15)8-10/h3-9H,1-2H3,(H,16,17). The summed E-state index contributed by atoms with van der Waals surface area (Å²) in [5, 5.41) is 2.87. The number of hydrogen-bond acceptors (Lipinski definition) is 3. The van der Waals surface area contributed by atoms with Crippen LogP contribution in [-0.4, -0.2) is 13.0 Å². The largest absolute Gasteiger partial charge is 0.496 e. The lowest BCUT2D eigenvalue weighted by atomic mass is 10.2. The minimum atomic E-state index is -0.177. The van der Waals surface area contributed by atoms with Gasteiger partial charge in [0, 0.05) is 5.56 Å². The zero-order valence-corrected chi connectivity index (χ0v) is 12.2. The van der Waals surface area contributed by atoms with Crippen molar-refractivity contribution >= 4 is 21.8 Å². The van der Waals surface area contributed by atoms with E-state index in [-0.39, 0.29) is 11.9 Å². The van der Waals surface area contributed by atoms with Crippen molar-refractivity contribution in [2.24, 2.45) is 0 Å². The smallest absolute Gasteiger partial charge is 0.251 e. The molecule has 1 amide bonds. The van der Waals surface area contributed by atoms with Crippen LogP contribution in [0.15, 0.2) is 45.5 Å². The maximum Gasteiger partial charge on any atom is 0.251 e. The Balaban J connectivity index is 2.10. The van der Waals surface area contributed by atoms with E-state index in [9.17, 15) is 4.79 Å². The van der Waals surface area contributed by atoms with Crippen molar-refractivity contribution in [2.45, 2.75) is 13.0 Å². The van der Waals surface area contributed by atoms with E-state index in [0.29, 0.717) is 11.3 Å². The number of halogens is 1. The number of rotatable bonds is 4. The topological polar surface area (TPSA) is 51.5 Å². The summed E-state index contributed by atoms with van der Waals surface area (Å²) in [6, 6.07) is 8.63. The maximum atomic E-state index is 12.1. The van der Waals surface area contributed by atoms with Gasteiger partial charge in [-0.15, -0.1) is 0 Å². The molecule has 0 aliphatic carbocycles. The second kappa shape index (κ2) is 5.93. The Morgan fingerprint density at radius 3 is 2.79 bits per heavy atom. The molecule has 100 valence electrons. The Kier molecular flexibility index (Phi) is 4.27. The lowest BCUT2D eigenvalue weighted by Gasteiger charge is -2.12. The van der Waals surface area contributed by atoms with Crippen LogP contribution in [0, 0.1) is 0 Å². The highest BCUT2D eigenvalue weighted by Crippen LogP contribution is 2.25. The van der Waals surface area contributed by atoms with Gasteiger partial charge in [0.2, 0.25) is 0 Å². The van der Waals surface area contributed by atoms with Crippen LogP contribution in [0.1, 0.15) is 29.1 Å². The van der Waals surface area contributed by atoms with Crippen LogP contribution in [0.25, 0.3) is 0 Å². The molecule has 2 aromatic rings. The summed E-state index contributed by atoms with van der Waals surface area (Å²) >= 11 is 3.36. The number of hydrogen-bond donors (Lipinski definition) is 1. The number of amides is 1. The molecule has 1 atom stereocenters. The van der Waals surface area contributed by atoms with Crippen LogP contribution in [0.3, 0.4) is 0 Å². The molecule has 0 spiro atoms. The lowest BCUT2D eigenvalue weighted by Crippen LogP contribution is -2.26. The molecule has 5 heteroatoms. The molecule has 0 fully saturated rings. The Bertz CT molecular complexity index is 566. The van der Waals surface area contributed by atoms with Gasteiger partial charge in [0.25, 0.3) is 5.91 Å². The maximum absolute atomic E-state index is 12.1. The summed E-state index contributed by atoms with van der Waals surface area (Å²) in [5.41, 5.74) is 0.561. The molecule has 1 heterocycles. The van der Waals surface area contributed by atoms with E-state index in [1.54, 1.807) is 37.6 Å². The molecule has 1 aromatic carbocycles. The summed E-state index contributed by atoms with van der Waals surface area (Å²) in [6.45, 7) is 1.87. The van der Waals surface area contributed by atoms with E-state index < -0.39 is 0 Å². The van der Waals surface area contributed by atoms with E-state index in [4.69, 9.17) is 9.15 Å². The number of methoxy groups -OCH3 is 1. The molecule has 0 saturated heterocycles. The third-order valence-electron chi connectivity index (χ3n) is 2.73. The Morgan fingerprint density at radius 2 is 2.21 bits per heavy atom. The van der Waals surface area contributed by atoms with Crippen LogP contribution in [-0.2, 0) is 0 Å². The second-order valence-corrected chi connectivity index (χ2v) is 4.91. The van der Waals surface area contributed by atoms with Crippen molar-refractivity contribution < 1.29 is 13.9 Å². The van der Waals surface area contributed by atoms with Crippen LogP contribution in [0.5, 0.6) is 5.75 Å². The summed E-state index contributed by atoms with van der Waals surface area (Å²) in [6.07, 6.45) is 1.59. The van der Waals surface area contributed by atoms with Crippen LogP contribution < -0.4 is 10.1 Å². The van der Waals surface area contributed by atoms with E-state index in [1.165, 1.54) is 0 Å². The molecule has 0 aliphatic rings. The number of furan rings is 1. The van der Waals surface area contributed by atoms with Gasteiger partial charge in [-0.3, -0.25) is 4.79 Å². The van der Waals surface area contributed by atoms with Crippen LogP contribution >= 0.6 is 15.9 Å². The number of benzene rings is 1. The average molecular weight is 324 g/mol. The van der Waals surface area contributed by atoms with Gasteiger partial charge in [-0.2, -0.15) is 0 Å². The molecule has 1 N–H and O–H groups in total. The summed E-state index contributed by atoms with van der Waals surface area (Å²) in [4.78, 5) is 12.1. The zero-order valence-electron chi connectivity index (χ0n) is 10.6. The minimum absolute atomic E-state index is 0.160. The monoisotopic (exact) mass is 323 g/mol. The molecular weight excluding hydrogens is 310 g/mol. The molecule has 19 heavy (non-hydrogen) atoms. The van der Waals surface area contributed by atoms with E-state index in [0.717, 1.165) is 10.2 Å². The van der Waals surface area contributed by atoms with Gasteiger partial charge in [0.1, 0.15) is 11.5 Å². The Labute approximate surface area is 119 Å². The summed E-state index contributed by atoms with van der Waals surface area (Å²) in [7, 11) is 1.58. The van der Waals surface area contributed by atoms with Crippen molar-refractivity contribution in [1.29, 1.82) is 0 Å². The van der Waals surface area contributed by atoms with E-state index in [2.05, 4.69) is 21.2 Å². The fourth-order valence-electron chi connectivity index (χ4n) is 1.70. The Hall–Kier alpha value is -1.75. The first kappa shape index (κ1) is 13.7. The van der Waals surface area contributed by atoms with Crippen LogP contribution in [0.4, 0.5) is 0 Å². The molecular formula is C14H14BrNO3. The van der Waals surface area contributed by atoms with E-state index >= 15 is 0 Å². The molecule has 1 unspecified atom stereocenters. The minimum Gasteiger partial charge on any atom is -0.496 e. The quantitative estimate of drug-likeness (QED) is 0.936. The van der Waals surface area contributed by atoms with Crippen LogP contribution in [0.2, 0.25) is 0 Å². The van der Waals surface area contributed by atoms with Crippen molar-refractivity contribution in [3.8, 4) is 5.75 Å². The highest BCUT2D eigenvalue weighted by atomic mass is 79.9. The highest BCUT2D eigenvalue weighted by Gasteiger charge is 2.14. The molecule has 0 saturated carbocycles. The summed E-state index contributed by atoms with van der Waals surface area (Å²) in [5.74, 6) is 1.25. The van der Waals surface area contributed by atoms with E-state index in [1.807, 2.05) is 13.0 Å². The first-order chi connectivity index (χ1) is 9.11. The van der Waals surface area contributed by atoms with Crippen molar-refractivity contribution in [1.82, 2.24) is 5.32 Å². The SMILES string of the molecule is COc1ccc(C(=O)NC(C)c2ccco2)cc1Br. The number of nitrogens with one attached hydrogen (secondary N) is 1. The highest BCUT2D eigenvalue weighted by molar-refractivity contribution is 9.10. The molecule has 0 bridgehead atoms. The zero-order chi connectivity index (χ0) is 13.8. The molecule has 0 radical (unpaired) electrons. The lowest BCUT2D eigenvalue weighted by molar-refractivity contribution is 0.0935. The van der Waals surface area contributed by atoms with Crippen molar-refractivity contribution in [2.75, 3.05) is 7.11 Å². The van der Waals surface area contributed by atoms with Gasteiger partial charge in [-0.05, 0) is 53.2 Å². The van der Waals surface area contributed by atoms with Gasteiger partial charge >= 0.3 is 0 Å². The summed E-state index contributed by atoms with van der Waals surface area (Å²) < 4.78 is 11.1. The normalized spacial score (nSPS) is 11.9. The molecule has 4 nitrogen and oxygen atoms in total. The third-order valence-corrected chi connectivity index (χ3v) is 3.35. The van der Waals surface area contributed by atoms with Crippen molar-refractivity contribution in [3.63, 3.8) is 0 Å². The predicted octanol–water partition coefficient (Wildman–Crippen LogP) is 3.54. The average Bonchev–Trinajstić information content (AvgIpc) is 2.92. The number of carbonyl (C=O) groups is 1. The molecule has 2 rings (SSSR count). The van der Waals surface area contributed by atoms with Gasteiger partial charge in [0.15, 0.2) is 0 Å². The first-order valence-electron chi connectivity index (χ1n) is 5.79. The number of carbonyl (C=O) groups excluding carboxylic acids is 1. The van der Waals surface area contributed by atoms with Crippen molar-refractivity contribution in [3.05, 3.63) is 52.4 Å². The van der Waals surface area contributed by atoms with Gasteiger partial charge in [-0.1, -0.05) is 0 Å². The molecule has 1 aromatic heterocycles. The Morgan fingerprint density at radius 1 is 1.42 bits per heavy atom. The first-order valence-corrected chi connectivity index (χ1v) is 6.59. The predicted molar refractivity (Wildman–Crippen MR) is 75.3 cm³/mol. The number of ether oxygens (including phenoxy) is 1.